The molecule has 1 aliphatic heterocycles. The topological polar surface area (TPSA) is 103 Å². The van der Waals surface area contributed by atoms with Crippen molar-refractivity contribution in [3.8, 4) is 5.06 Å². The van der Waals surface area contributed by atoms with Gasteiger partial charge in [0, 0.05) is 38.8 Å². The molecule has 206 valence electrons. The van der Waals surface area contributed by atoms with Crippen molar-refractivity contribution >= 4 is 46.6 Å². The molecule has 1 fully saturated rings. The van der Waals surface area contributed by atoms with Crippen LogP contribution >= 0.6 is 22.9 Å². The van der Waals surface area contributed by atoms with Crippen LogP contribution in [-0.2, 0) is 25.7 Å². The van der Waals surface area contributed by atoms with Crippen LogP contribution in [0.5, 0.6) is 5.06 Å². The number of carbonyl (C=O) groups is 3. The van der Waals surface area contributed by atoms with Crippen molar-refractivity contribution in [2.45, 2.75) is 45.7 Å². The van der Waals surface area contributed by atoms with Crippen LogP contribution in [0.2, 0.25) is 4.34 Å². The molecule has 0 spiro atoms. The fourth-order valence-electron chi connectivity index (χ4n) is 4.18. The highest BCUT2D eigenvalue weighted by Gasteiger charge is 2.39. The van der Waals surface area contributed by atoms with E-state index in [1.165, 1.54) is 16.2 Å². The van der Waals surface area contributed by atoms with Crippen LogP contribution < -0.4 is 4.74 Å². The minimum absolute atomic E-state index is 0.189. The Kier molecular flexibility index (Phi) is 11.0. The normalized spacial score (nSPS) is 15.4. The minimum Gasteiger partial charge on any atom is -0.474 e. The van der Waals surface area contributed by atoms with Gasteiger partial charge in [0.15, 0.2) is 11.7 Å². The molecule has 0 radical (unpaired) electrons. The minimum atomic E-state index is -0.967. The molecule has 1 aromatic carbocycles. The lowest BCUT2D eigenvalue weighted by Gasteiger charge is -2.40. The average Bonchev–Trinajstić information content (AvgIpc) is 3.33. The van der Waals surface area contributed by atoms with E-state index >= 15 is 0 Å². The Morgan fingerprint density at radius 3 is 2.53 bits per heavy atom. The summed E-state index contributed by atoms with van der Waals surface area (Å²) in [4.78, 5) is 43.7. The Hall–Kier alpha value is -3.11. The summed E-state index contributed by atoms with van der Waals surface area (Å²) in [7, 11) is 1.91. The van der Waals surface area contributed by atoms with Gasteiger partial charge in [0.1, 0.15) is 11.9 Å². The molecule has 38 heavy (non-hydrogen) atoms. The number of piperazine rings is 1. The number of nitrogens with one attached hydrogen (secondary N) is 1. The van der Waals surface area contributed by atoms with Crippen LogP contribution in [-0.4, -0.2) is 84.3 Å². The highest BCUT2D eigenvalue weighted by Crippen LogP contribution is 2.28. The highest BCUT2D eigenvalue weighted by atomic mass is 35.5. The van der Waals surface area contributed by atoms with Gasteiger partial charge in [-0.3, -0.25) is 19.8 Å². The van der Waals surface area contributed by atoms with Gasteiger partial charge in [0.25, 0.3) is 5.91 Å². The first-order valence-corrected chi connectivity index (χ1v) is 13.9. The largest absolute Gasteiger partial charge is 0.474 e. The Morgan fingerprint density at radius 2 is 1.89 bits per heavy atom. The van der Waals surface area contributed by atoms with Gasteiger partial charge < -0.3 is 24.2 Å². The zero-order valence-corrected chi connectivity index (χ0v) is 23.6. The van der Waals surface area contributed by atoms with E-state index in [0.29, 0.717) is 28.3 Å². The monoisotopic (exact) mass is 562 g/mol. The molecule has 1 unspecified atom stereocenters. The van der Waals surface area contributed by atoms with E-state index in [1.807, 2.05) is 36.2 Å². The highest BCUT2D eigenvalue weighted by molar-refractivity contribution is 7.17. The van der Waals surface area contributed by atoms with Gasteiger partial charge in [-0.15, -0.1) is 0 Å². The zero-order valence-electron chi connectivity index (χ0n) is 22.1. The Balaban J connectivity index is 1.67. The third-order valence-corrected chi connectivity index (χ3v) is 7.43. The summed E-state index contributed by atoms with van der Waals surface area (Å²) in [5.41, 5.74) is 1.71. The summed E-state index contributed by atoms with van der Waals surface area (Å²) >= 11 is 7.13. The maximum atomic E-state index is 13.5. The van der Waals surface area contributed by atoms with Crippen molar-refractivity contribution in [2.24, 2.45) is 0 Å². The van der Waals surface area contributed by atoms with E-state index in [2.05, 4.69) is 6.92 Å². The standard InChI is InChI=1S/C27H35ClN4O5S/c1-4-6-13-30(3)26(29)20-9-7-19(8-10-20)17-31-14-15-32(21(27(31)35)16-24(34)36-5-2)23(33)18-37-25-12-11-22(28)38-25/h7-12,21,29H,4-6,13-18H2,1-3H3. The molecule has 9 nitrogen and oxygen atoms in total. The second-order valence-electron chi connectivity index (χ2n) is 9.04. The number of halogens is 1. The SMILES string of the molecule is CCCCN(C)C(=N)c1ccc(CN2CCN(C(=O)COc3ccc(Cl)s3)C(CC(=O)OCC)C2=O)cc1. The Labute approximate surface area is 232 Å². The number of benzene rings is 1. The van der Waals surface area contributed by atoms with Crippen molar-refractivity contribution in [3.63, 3.8) is 0 Å². The number of carbonyl (C=O) groups excluding carboxylic acids is 3. The van der Waals surface area contributed by atoms with Gasteiger partial charge in [-0.1, -0.05) is 60.5 Å². The Morgan fingerprint density at radius 1 is 1.16 bits per heavy atom. The summed E-state index contributed by atoms with van der Waals surface area (Å²) in [6.07, 6.45) is 1.87. The second kappa shape index (κ2) is 14.2. The lowest BCUT2D eigenvalue weighted by Crippen LogP contribution is -2.59. The number of esters is 1. The lowest BCUT2D eigenvalue weighted by molar-refractivity contribution is -0.158. The van der Waals surface area contributed by atoms with Crippen molar-refractivity contribution < 1.29 is 23.9 Å². The van der Waals surface area contributed by atoms with Crippen molar-refractivity contribution in [1.29, 1.82) is 5.41 Å². The van der Waals surface area contributed by atoms with Crippen LogP contribution in [0.4, 0.5) is 0 Å². The molecule has 3 rings (SSSR count). The number of nitrogens with zero attached hydrogens (tertiary/aromatic N) is 3. The van der Waals surface area contributed by atoms with Gasteiger partial charge in [-0.05, 0) is 31.0 Å². The summed E-state index contributed by atoms with van der Waals surface area (Å²) in [5.74, 6) is -0.777. The first kappa shape index (κ1) is 29.4. The molecule has 1 aliphatic rings. The number of hydrogen-bond acceptors (Lipinski definition) is 7. The first-order chi connectivity index (χ1) is 18.2. The number of amidine groups is 1. The number of ether oxygens (including phenoxy) is 2. The van der Waals surface area contributed by atoms with E-state index in [-0.39, 0.29) is 38.0 Å². The summed E-state index contributed by atoms with van der Waals surface area (Å²) in [6.45, 7) is 5.50. The fourth-order valence-corrected chi connectivity index (χ4v) is 5.05. The molecule has 1 N–H and O–H groups in total. The van der Waals surface area contributed by atoms with Gasteiger partial charge in [0.2, 0.25) is 5.91 Å². The number of rotatable bonds is 12. The third-order valence-electron chi connectivity index (χ3n) is 6.29. The van der Waals surface area contributed by atoms with Crippen LogP contribution in [0.3, 0.4) is 0 Å². The fraction of sp³-hybridized carbons (Fsp3) is 0.481. The molecule has 0 bridgehead atoms. The number of thiophene rings is 1. The molecular formula is C27H35ClN4O5S. The van der Waals surface area contributed by atoms with Crippen molar-refractivity contribution in [3.05, 3.63) is 51.9 Å². The molecule has 2 heterocycles. The summed E-state index contributed by atoms with van der Waals surface area (Å²) in [6, 6.07) is 9.97. The van der Waals surface area contributed by atoms with Gasteiger partial charge in [0.05, 0.1) is 17.4 Å². The van der Waals surface area contributed by atoms with Crippen LogP contribution in [0.15, 0.2) is 36.4 Å². The van der Waals surface area contributed by atoms with Gasteiger partial charge >= 0.3 is 5.97 Å². The first-order valence-electron chi connectivity index (χ1n) is 12.7. The molecular weight excluding hydrogens is 528 g/mol. The van der Waals surface area contributed by atoms with Crippen molar-refractivity contribution in [2.75, 3.05) is 39.9 Å². The number of unbranched alkanes of at least 4 members (excludes halogenated alkanes) is 1. The molecule has 11 heteroatoms. The van der Waals surface area contributed by atoms with Crippen LogP contribution in [0.1, 0.15) is 44.2 Å². The van der Waals surface area contributed by atoms with E-state index in [1.54, 1.807) is 24.0 Å². The maximum absolute atomic E-state index is 13.5. The summed E-state index contributed by atoms with van der Waals surface area (Å²) in [5, 5.41) is 8.92. The van der Waals surface area contributed by atoms with Gasteiger partial charge in [-0.2, -0.15) is 0 Å². The predicted octanol–water partition coefficient (Wildman–Crippen LogP) is 4.03. The molecule has 1 saturated heterocycles. The quantitative estimate of drug-likeness (QED) is 0.238. The third kappa shape index (κ3) is 7.94. The van der Waals surface area contributed by atoms with E-state index in [9.17, 15) is 14.4 Å². The maximum Gasteiger partial charge on any atom is 0.308 e. The van der Waals surface area contributed by atoms with E-state index in [0.717, 1.165) is 30.5 Å². The molecule has 1 atom stereocenters. The smallest absolute Gasteiger partial charge is 0.308 e. The molecule has 2 aromatic rings. The van der Waals surface area contributed by atoms with Gasteiger partial charge in [-0.25, -0.2) is 0 Å². The zero-order chi connectivity index (χ0) is 27.7. The number of amides is 2. The van der Waals surface area contributed by atoms with Crippen LogP contribution in [0.25, 0.3) is 0 Å². The summed E-state index contributed by atoms with van der Waals surface area (Å²) < 4.78 is 11.2. The van der Waals surface area contributed by atoms with Crippen LogP contribution in [0, 0.1) is 5.41 Å². The Bertz CT molecular complexity index is 1120. The van der Waals surface area contributed by atoms with E-state index in [4.69, 9.17) is 26.5 Å². The number of hydrogen-bond donors (Lipinski definition) is 1. The molecule has 0 saturated carbocycles. The predicted molar refractivity (Wildman–Crippen MR) is 148 cm³/mol. The van der Waals surface area contributed by atoms with E-state index < -0.39 is 12.0 Å². The molecule has 1 aromatic heterocycles. The van der Waals surface area contributed by atoms with Crippen molar-refractivity contribution in [1.82, 2.24) is 14.7 Å². The second-order valence-corrected chi connectivity index (χ2v) is 10.7. The molecule has 0 aliphatic carbocycles. The average molecular weight is 563 g/mol. The molecule has 2 amide bonds. The lowest BCUT2D eigenvalue weighted by atomic mass is 10.0.